The smallest absolute Gasteiger partial charge is 0.287 e. The summed E-state index contributed by atoms with van der Waals surface area (Å²) in [6.45, 7) is -0.502. The molecule has 0 aliphatic rings. The van der Waals surface area contributed by atoms with Gasteiger partial charge in [-0.1, -0.05) is 0 Å². The summed E-state index contributed by atoms with van der Waals surface area (Å²) in [6.07, 6.45) is 0. The number of nitrogens with two attached hydrogens (primary N) is 1. The zero-order chi connectivity index (χ0) is 15.1. The molecule has 110 valence electrons. The molecule has 20 heavy (non-hydrogen) atoms. The minimum Gasteiger partial charge on any atom is -0.397 e. The van der Waals surface area contributed by atoms with Gasteiger partial charge in [0.2, 0.25) is 0 Å². The highest BCUT2D eigenvalue weighted by atomic mass is 32.1. The summed E-state index contributed by atoms with van der Waals surface area (Å²) >= 11 is 1.09. The number of aromatic nitrogens is 2. The highest BCUT2D eigenvalue weighted by Crippen LogP contribution is 2.35. The summed E-state index contributed by atoms with van der Waals surface area (Å²) in [5.41, 5.74) is 6.80. The van der Waals surface area contributed by atoms with Gasteiger partial charge in [0.1, 0.15) is 16.3 Å². The monoisotopic (exact) mass is 304 g/mol. The molecular formula is C11H14F2N4O2S. The Morgan fingerprint density at radius 3 is 2.80 bits per heavy atom. The molecular weight excluding hydrogens is 290 g/mol. The number of hydrogen-bond donors (Lipinski definition) is 3. The molecule has 0 fully saturated rings. The summed E-state index contributed by atoms with van der Waals surface area (Å²) in [7, 11) is 1.72. The van der Waals surface area contributed by atoms with E-state index in [9.17, 15) is 13.6 Å². The molecule has 9 heteroatoms. The second-order valence-corrected chi connectivity index (χ2v) is 5.43. The lowest BCUT2D eigenvalue weighted by molar-refractivity contribution is -0.0461. The van der Waals surface area contributed by atoms with Crippen molar-refractivity contribution in [2.45, 2.75) is 12.8 Å². The maximum Gasteiger partial charge on any atom is 0.287 e. The van der Waals surface area contributed by atoms with Crippen molar-refractivity contribution in [3.8, 4) is 0 Å². The van der Waals surface area contributed by atoms with Crippen LogP contribution in [0.5, 0.6) is 0 Å². The summed E-state index contributed by atoms with van der Waals surface area (Å²) < 4.78 is 27.4. The van der Waals surface area contributed by atoms with Crippen LogP contribution >= 0.6 is 11.3 Å². The minimum absolute atomic E-state index is 0.171. The van der Waals surface area contributed by atoms with E-state index in [-0.39, 0.29) is 10.6 Å². The van der Waals surface area contributed by atoms with Crippen molar-refractivity contribution in [3.05, 3.63) is 10.6 Å². The minimum atomic E-state index is -3.35. The van der Waals surface area contributed by atoms with E-state index in [0.717, 1.165) is 11.3 Å². The molecule has 2 heterocycles. The van der Waals surface area contributed by atoms with Gasteiger partial charge < -0.3 is 16.2 Å². The van der Waals surface area contributed by atoms with Gasteiger partial charge in [0.15, 0.2) is 0 Å². The van der Waals surface area contributed by atoms with Crippen molar-refractivity contribution in [3.63, 3.8) is 0 Å². The average molecular weight is 304 g/mol. The largest absolute Gasteiger partial charge is 0.397 e. The molecule has 0 atom stereocenters. The lowest BCUT2D eigenvalue weighted by Gasteiger charge is -2.13. The Balaban J connectivity index is 2.27. The Morgan fingerprint density at radius 2 is 2.25 bits per heavy atom. The Labute approximate surface area is 117 Å². The van der Waals surface area contributed by atoms with Gasteiger partial charge in [-0.3, -0.25) is 9.48 Å². The van der Waals surface area contributed by atoms with E-state index in [1.807, 2.05) is 0 Å². The van der Waals surface area contributed by atoms with Crippen molar-refractivity contribution >= 4 is 33.1 Å². The highest BCUT2D eigenvalue weighted by molar-refractivity contribution is 7.21. The van der Waals surface area contributed by atoms with Crippen LogP contribution in [0, 0.1) is 6.92 Å². The zero-order valence-electron chi connectivity index (χ0n) is 10.9. The first kappa shape index (κ1) is 14.7. The van der Waals surface area contributed by atoms with Crippen molar-refractivity contribution in [1.82, 2.24) is 15.1 Å². The molecule has 6 nitrogen and oxygen atoms in total. The number of thiophene rings is 1. The predicted molar refractivity (Wildman–Crippen MR) is 72.1 cm³/mol. The van der Waals surface area contributed by atoms with Gasteiger partial charge in [-0.25, -0.2) is 8.78 Å². The van der Waals surface area contributed by atoms with Crippen LogP contribution in [0.25, 0.3) is 10.2 Å². The van der Waals surface area contributed by atoms with E-state index in [1.165, 1.54) is 0 Å². The third-order valence-corrected chi connectivity index (χ3v) is 4.10. The lowest BCUT2D eigenvalue weighted by atomic mass is 10.2. The molecule has 0 aliphatic carbocycles. The molecule has 0 aromatic carbocycles. The fourth-order valence-corrected chi connectivity index (χ4v) is 2.95. The number of nitrogens with one attached hydrogen (secondary N) is 1. The van der Waals surface area contributed by atoms with Gasteiger partial charge >= 0.3 is 0 Å². The number of nitrogens with zero attached hydrogens (tertiary/aromatic N) is 2. The second-order valence-electron chi connectivity index (χ2n) is 4.43. The summed E-state index contributed by atoms with van der Waals surface area (Å²) in [5, 5.41) is 15.4. The van der Waals surface area contributed by atoms with Crippen LogP contribution in [-0.2, 0) is 7.05 Å². The first-order chi connectivity index (χ1) is 9.26. The average Bonchev–Trinajstić information content (AvgIpc) is 2.87. The van der Waals surface area contributed by atoms with E-state index < -0.39 is 25.0 Å². The van der Waals surface area contributed by atoms with Crippen LogP contribution < -0.4 is 11.1 Å². The number of carbonyl (C=O) groups is 1. The molecule has 0 unspecified atom stereocenters. The number of aryl methyl sites for hydroxylation is 2. The zero-order valence-corrected chi connectivity index (χ0v) is 11.7. The Morgan fingerprint density at radius 1 is 1.60 bits per heavy atom. The maximum atomic E-state index is 12.9. The third-order valence-electron chi connectivity index (χ3n) is 2.83. The van der Waals surface area contributed by atoms with Crippen molar-refractivity contribution < 1.29 is 18.7 Å². The number of rotatable bonds is 4. The highest BCUT2D eigenvalue weighted by Gasteiger charge is 2.29. The maximum absolute atomic E-state index is 12.9. The quantitative estimate of drug-likeness (QED) is 0.782. The lowest BCUT2D eigenvalue weighted by Crippen LogP contribution is -2.38. The van der Waals surface area contributed by atoms with Gasteiger partial charge in [-0.15, -0.1) is 11.3 Å². The van der Waals surface area contributed by atoms with E-state index in [1.54, 1.807) is 18.7 Å². The van der Waals surface area contributed by atoms with Gasteiger partial charge in [0.25, 0.3) is 11.8 Å². The number of fused-ring (bicyclic) bond motifs is 1. The van der Waals surface area contributed by atoms with Crippen LogP contribution in [0.4, 0.5) is 14.5 Å². The summed E-state index contributed by atoms with van der Waals surface area (Å²) in [6, 6.07) is 0. The number of anilines is 1. The first-order valence-electron chi connectivity index (χ1n) is 5.75. The Hall–Kier alpha value is -1.74. The first-order valence-corrected chi connectivity index (χ1v) is 6.57. The van der Waals surface area contributed by atoms with Crippen LogP contribution in [-0.4, -0.2) is 39.9 Å². The van der Waals surface area contributed by atoms with E-state index >= 15 is 0 Å². The van der Waals surface area contributed by atoms with Gasteiger partial charge in [-0.2, -0.15) is 5.10 Å². The Kier molecular flexibility index (Phi) is 3.65. The molecule has 0 bridgehead atoms. The third kappa shape index (κ3) is 2.46. The molecule has 0 saturated heterocycles. The SMILES string of the molecule is Cc1nn(C)c2sc(C(=O)NCC(F)(F)CO)c(N)c12. The van der Waals surface area contributed by atoms with E-state index in [0.29, 0.717) is 15.9 Å². The molecule has 0 aliphatic heterocycles. The standard InChI is InChI=1S/C11H14F2N4O2S/c1-5-6-7(14)8(20-10(6)17(2)16-5)9(19)15-3-11(12,13)4-18/h18H,3-4,14H2,1-2H3,(H,15,19). The van der Waals surface area contributed by atoms with Crippen LogP contribution in [0.2, 0.25) is 0 Å². The predicted octanol–water partition coefficient (Wildman–Crippen LogP) is 0.883. The molecule has 2 rings (SSSR count). The number of aliphatic hydroxyl groups is 1. The summed E-state index contributed by atoms with van der Waals surface area (Å²) in [5.74, 6) is -4.03. The van der Waals surface area contributed by atoms with Crippen LogP contribution in [0.3, 0.4) is 0 Å². The fourth-order valence-electron chi connectivity index (χ4n) is 1.84. The number of amides is 1. The molecule has 4 N–H and O–H groups in total. The van der Waals surface area contributed by atoms with Gasteiger partial charge in [-0.05, 0) is 6.92 Å². The van der Waals surface area contributed by atoms with Crippen LogP contribution in [0.15, 0.2) is 0 Å². The topological polar surface area (TPSA) is 93.2 Å². The fraction of sp³-hybridized carbons (Fsp3) is 0.455. The molecule has 0 spiro atoms. The molecule has 0 saturated carbocycles. The molecule has 2 aromatic rings. The van der Waals surface area contributed by atoms with Crippen molar-refractivity contribution in [1.29, 1.82) is 0 Å². The van der Waals surface area contributed by atoms with E-state index in [2.05, 4.69) is 10.4 Å². The van der Waals surface area contributed by atoms with Gasteiger partial charge in [0.05, 0.1) is 23.3 Å². The molecule has 0 radical (unpaired) electrons. The summed E-state index contributed by atoms with van der Waals surface area (Å²) in [4.78, 5) is 12.8. The number of aliphatic hydroxyl groups excluding tert-OH is 1. The molecule has 1 amide bonds. The van der Waals surface area contributed by atoms with Crippen molar-refractivity contribution in [2.24, 2.45) is 7.05 Å². The normalized spacial score (nSPS) is 12.1. The number of carbonyl (C=O) groups excluding carboxylic acids is 1. The number of halogens is 2. The van der Waals surface area contributed by atoms with Gasteiger partial charge in [0, 0.05) is 7.05 Å². The van der Waals surface area contributed by atoms with E-state index in [4.69, 9.17) is 10.8 Å². The number of nitrogen functional groups attached to an aromatic ring is 1. The molecule has 2 aromatic heterocycles. The van der Waals surface area contributed by atoms with Crippen LogP contribution in [0.1, 0.15) is 15.4 Å². The Bertz CT molecular complexity index is 665. The number of hydrogen-bond acceptors (Lipinski definition) is 5. The number of alkyl halides is 2. The van der Waals surface area contributed by atoms with Crippen molar-refractivity contribution in [2.75, 3.05) is 18.9 Å². The second kappa shape index (κ2) is 4.98.